The van der Waals surface area contributed by atoms with Gasteiger partial charge in [0.1, 0.15) is 5.69 Å². The number of carbonyl (C=O) groups is 1. The normalized spacial score (nSPS) is 10.5. The number of carbonyl (C=O) groups excluding carboxylic acids is 1. The van der Waals surface area contributed by atoms with Crippen molar-refractivity contribution < 1.29 is 23.7 Å². The molecule has 2 aromatic rings. The van der Waals surface area contributed by atoms with E-state index in [1.807, 2.05) is 19.2 Å². The molecule has 152 valence electrons. The van der Waals surface area contributed by atoms with Crippen LogP contribution in [0.1, 0.15) is 28.7 Å². The molecular weight excluding hydrogens is 360 g/mol. The van der Waals surface area contributed by atoms with Crippen LogP contribution in [0.3, 0.4) is 0 Å². The minimum absolute atomic E-state index is 0.293. The van der Waals surface area contributed by atoms with E-state index in [1.165, 1.54) is 0 Å². The molecule has 0 unspecified atom stereocenters. The van der Waals surface area contributed by atoms with Crippen LogP contribution in [0.15, 0.2) is 24.8 Å². The van der Waals surface area contributed by atoms with Crippen molar-refractivity contribution in [2.24, 2.45) is 0 Å². The topological polar surface area (TPSA) is 81.8 Å². The predicted octanol–water partition coefficient (Wildman–Crippen LogP) is 3.33. The van der Waals surface area contributed by atoms with Crippen molar-refractivity contribution in [3.05, 3.63) is 41.7 Å². The Morgan fingerprint density at radius 2 is 1.89 bits per heavy atom. The van der Waals surface area contributed by atoms with E-state index in [-0.39, 0.29) is 0 Å². The maximum atomic E-state index is 12.5. The van der Waals surface area contributed by atoms with Crippen LogP contribution in [0.2, 0.25) is 0 Å². The summed E-state index contributed by atoms with van der Waals surface area (Å²) in [6.45, 7) is 6.43. The zero-order valence-electron chi connectivity index (χ0n) is 17.1. The molecule has 0 saturated carbocycles. The van der Waals surface area contributed by atoms with Crippen molar-refractivity contribution >= 4 is 5.97 Å². The molecular formula is C21H28N2O5. The van der Waals surface area contributed by atoms with Gasteiger partial charge in [-0.05, 0) is 38.1 Å². The smallest absolute Gasteiger partial charge is 0.355 e. The molecule has 7 heteroatoms. The molecule has 0 fully saturated rings. The van der Waals surface area contributed by atoms with Gasteiger partial charge in [-0.1, -0.05) is 6.08 Å². The molecule has 0 spiro atoms. The number of ether oxygens (including phenoxy) is 4. The minimum Gasteiger partial charge on any atom is -0.493 e. The molecule has 1 aromatic heterocycles. The Morgan fingerprint density at radius 1 is 1.18 bits per heavy atom. The maximum absolute atomic E-state index is 12.5. The van der Waals surface area contributed by atoms with Gasteiger partial charge in [0.15, 0.2) is 11.5 Å². The average Bonchev–Trinajstić information content (AvgIpc) is 3.05. The number of benzene rings is 1. The third-order valence-corrected chi connectivity index (χ3v) is 4.34. The number of hydrogen-bond acceptors (Lipinski definition) is 6. The summed E-state index contributed by atoms with van der Waals surface area (Å²) in [6, 6.07) is 3.71. The molecule has 28 heavy (non-hydrogen) atoms. The fourth-order valence-corrected chi connectivity index (χ4v) is 3.25. The van der Waals surface area contributed by atoms with Crippen LogP contribution in [0, 0.1) is 0 Å². The van der Waals surface area contributed by atoms with E-state index >= 15 is 0 Å². The Hall–Kier alpha value is -2.93. The number of methoxy groups -OCH3 is 3. The van der Waals surface area contributed by atoms with Gasteiger partial charge < -0.3 is 29.2 Å². The van der Waals surface area contributed by atoms with E-state index in [2.05, 4.69) is 16.9 Å². The quantitative estimate of drug-likeness (QED) is 0.480. The molecule has 2 rings (SSSR count). The van der Waals surface area contributed by atoms with E-state index < -0.39 is 5.97 Å². The highest BCUT2D eigenvalue weighted by atomic mass is 16.5. The van der Waals surface area contributed by atoms with Gasteiger partial charge in [-0.15, -0.1) is 6.58 Å². The van der Waals surface area contributed by atoms with E-state index in [9.17, 15) is 4.79 Å². The number of esters is 1. The van der Waals surface area contributed by atoms with Gasteiger partial charge >= 0.3 is 5.97 Å². The lowest BCUT2D eigenvalue weighted by Crippen LogP contribution is -2.09. The van der Waals surface area contributed by atoms with Gasteiger partial charge in [-0.2, -0.15) is 0 Å². The number of nitrogens with one attached hydrogen (secondary N) is 2. The monoisotopic (exact) mass is 388 g/mol. The number of aromatic nitrogens is 1. The molecule has 2 N–H and O–H groups in total. The van der Waals surface area contributed by atoms with Crippen LogP contribution in [-0.2, 0) is 17.7 Å². The van der Waals surface area contributed by atoms with Crippen molar-refractivity contribution in [3.8, 4) is 28.4 Å². The zero-order valence-corrected chi connectivity index (χ0v) is 17.1. The molecule has 0 amide bonds. The summed E-state index contributed by atoms with van der Waals surface area (Å²) >= 11 is 0. The number of aromatic amines is 1. The largest absolute Gasteiger partial charge is 0.493 e. The highest BCUT2D eigenvalue weighted by Gasteiger charge is 2.27. The molecule has 7 nitrogen and oxygen atoms in total. The molecule has 0 radical (unpaired) electrons. The van der Waals surface area contributed by atoms with Gasteiger partial charge in [-0.3, -0.25) is 0 Å². The lowest BCUT2D eigenvalue weighted by atomic mass is 9.96. The summed E-state index contributed by atoms with van der Waals surface area (Å²) in [5.74, 6) is 1.17. The molecule has 0 aliphatic heterocycles. The van der Waals surface area contributed by atoms with Crippen LogP contribution in [0.5, 0.6) is 17.2 Å². The van der Waals surface area contributed by atoms with Crippen molar-refractivity contribution in [1.82, 2.24) is 10.3 Å². The maximum Gasteiger partial charge on any atom is 0.355 e. The summed E-state index contributed by atoms with van der Waals surface area (Å²) in [7, 11) is 6.55. The Bertz CT molecular complexity index is 842. The number of hydrogen-bond donors (Lipinski definition) is 2. The number of H-pyrrole nitrogens is 1. The standard InChI is InChI=1S/C21H28N2O5/c1-7-9-13-17(15(12-22-3)23-18(13)21(24)28-8-2)14-10-11-16(25-4)20(27-6)19(14)26-5/h7,10-11,22-23H,1,8-9,12H2,2-6H3. The highest BCUT2D eigenvalue weighted by molar-refractivity contribution is 5.94. The predicted molar refractivity (Wildman–Crippen MR) is 109 cm³/mol. The first kappa shape index (κ1) is 21.4. The summed E-state index contributed by atoms with van der Waals surface area (Å²) in [5, 5.41) is 3.13. The van der Waals surface area contributed by atoms with Gasteiger partial charge in [0.05, 0.1) is 27.9 Å². The van der Waals surface area contributed by atoms with Crippen molar-refractivity contribution in [2.45, 2.75) is 19.9 Å². The molecule has 0 saturated heterocycles. The van der Waals surface area contributed by atoms with Gasteiger partial charge in [-0.25, -0.2) is 4.79 Å². The Kier molecular flexibility index (Phi) is 7.52. The second-order valence-corrected chi connectivity index (χ2v) is 5.96. The van der Waals surface area contributed by atoms with Crippen LogP contribution >= 0.6 is 0 Å². The summed E-state index contributed by atoms with van der Waals surface area (Å²) in [4.78, 5) is 15.8. The van der Waals surface area contributed by atoms with Crippen molar-refractivity contribution in [2.75, 3.05) is 35.0 Å². The van der Waals surface area contributed by atoms with Crippen molar-refractivity contribution in [1.29, 1.82) is 0 Å². The lowest BCUT2D eigenvalue weighted by molar-refractivity contribution is 0.0519. The third kappa shape index (κ3) is 3.99. The molecule has 1 aromatic carbocycles. The first-order valence-corrected chi connectivity index (χ1v) is 9.03. The van der Waals surface area contributed by atoms with Crippen LogP contribution in [0.4, 0.5) is 0 Å². The van der Waals surface area contributed by atoms with Crippen LogP contribution < -0.4 is 19.5 Å². The first-order valence-electron chi connectivity index (χ1n) is 9.03. The Morgan fingerprint density at radius 3 is 2.43 bits per heavy atom. The fraction of sp³-hybridized carbons (Fsp3) is 0.381. The second kappa shape index (κ2) is 9.85. The molecule has 1 heterocycles. The van der Waals surface area contributed by atoms with Gasteiger partial charge in [0, 0.05) is 23.4 Å². The summed E-state index contributed by atoms with van der Waals surface area (Å²) in [6.07, 6.45) is 2.24. The van der Waals surface area contributed by atoms with E-state index in [4.69, 9.17) is 18.9 Å². The third-order valence-electron chi connectivity index (χ3n) is 4.34. The molecule has 0 bridgehead atoms. The van der Waals surface area contributed by atoms with Gasteiger partial charge in [0.25, 0.3) is 0 Å². The average molecular weight is 388 g/mol. The molecule has 0 atom stereocenters. The zero-order chi connectivity index (χ0) is 20.7. The summed E-state index contributed by atoms with van der Waals surface area (Å²) in [5.41, 5.74) is 3.69. The number of rotatable bonds is 10. The fourth-order valence-electron chi connectivity index (χ4n) is 3.25. The SMILES string of the molecule is C=CCc1c(C(=O)OCC)[nH]c(CNC)c1-c1ccc(OC)c(OC)c1OC. The molecule has 0 aliphatic carbocycles. The van der Waals surface area contributed by atoms with Crippen molar-refractivity contribution in [3.63, 3.8) is 0 Å². The lowest BCUT2D eigenvalue weighted by Gasteiger charge is -2.17. The summed E-state index contributed by atoms with van der Waals surface area (Å²) < 4.78 is 21.8. The Balaban J connectivity index is 2.82. The van der Waals surface area contributed by atoms with Crippen LogP contribution in [-0.4, -0.2) is 45.9 Å². The van der Waals surface area contributed by atoms with Gasteiger partial charge in [0.2, 0.25) is 5.75 Å². The Labute approximate surface area is 165 Å². The minimum atomic E-state index is -0.401. The number of allylic oxidation sites excluding steroid dienone is 1. The van der Waals surface area contributed by atoms with E-state index in [1.54, 1.807) is 34.3 Å². The first-order chi connectivity index (χ1) is 13.6. The van der Waals surface area contributed by atoms with E-state index in [0.29, 0.717) is 42.5 Å². The van der Waals surface area contributed by atoms with Crippen LogP contribution in [0.25, 0.3) is 11.1 Å². The van der Waals surface area contributed by atoms with E-state index in [0.717, 1.165) is 22.4 Å². The second-order valence-electron chi connectivity index (χ2n) is 5.96. The highest BCUT2D eigenvalue weighted by Crippen LogP contribution is 2.46. The molecule has 0 aliphatic rings.